The van der Waals surface area contributed by atoms with Crippen LogP contribution >= 0.6 is 11.3 Å². The van der Waals surface area contributed by atoms with Gasteiger partial charge in [0.15, 0.2) is 10.3 Å². The van der Waals surface area contributed by atoms with Crippen molar-refractivity contribution in [3.05, 3.63) is 23.6 Å². The van der Waals surface area contributed by atoms with E-state index in [-0.39, 0.29) is 30.0 Å². The number of rotatable bonds is 5. The topological polar surface area (TPSA) is 125 Å². The van der Waals surface area contributed by atoms with Crippen LogP contribution in [0.1, 0.15) is 19.3 Å². The summed E-state index contributed by atoms with van der Waals surface area (Å²) in [6.07, 6.45) is 2.57. The van der Waals surface area contributed by atoms with E-state index in [0.717, 1.165) is 25.6 Å². The molecule has 1 saturated carbocycles. The van der Waals surface area contributed by atoms with Crippen molar-refractivity contribution in [2.75, 3.05) is 42.2 Å². The molecule has 11 nitrogen and oxygen atoms in total. The van der Waals surface area contributed by atoms with Gasteiger partial charge in [0.25, 0.3) is 0 Å². The normalized spacial score (nSPS) is 27.5. The van der Waals surface area contributed by atoms with Crippen molar-refractivity contribution < 1.29 is 23.1 Å². The number of ether oxygens (including phenoxy) is 1. The molecule has 2 aliphatic heterocycles. The summed E-state index contributed by atoms with van der Waals surface area (Å²) in [5.74, 6) is 0.922. The average Bonchev–Trinajstić information content (AvgIpc) is 3.56. The summed E-state index contributed by atoms with van der Waals surface area (Å²) in [6.45, 7) is 1.35. The Morgan fingerprint density at radius 3 is 2.89 bits per heavy atom. The van der Waals surface area contributed by atoms with Gasteiger partial charge in [0.05, 0.1) is 12.2 Å². The van der Waals surface area contributed by atoms with Crippen LogP contribution in [-0.4, -0.2) is 83.0 Å². The minimum absolute atomic E-state index is 0.0955. The first kappa shape index (κ1) is 23.6. The summed E-state index contributed by atoms with van der Waals surface area (Å²) in [4.78, 5) is 40.3. The molecule has 5 atom stereocenters. The molecular formula is C21H26F2N8O3S. The van der Waals surface area contributed by atoms with Gasteiger partial charge < -0.3 is 19.9 Å². The number of hydrogen-bond donors (Lipinski definition) is 3. The van der Waals surface area contributed by atoms with Gasteiger partial charge in [0, 0.05) is 51.3 Å². The first-order valence-electron chi connectivity index (χ1n) is 11.4. The van der Waals surface area contributed by atoms with Crippen LogP contribution in [0, 0.1) is 11.0 Å². The number of piperidine rings is 2. The van der Waals surface area contributed by atoms with Gasteiger partial charge >= 0.3 is 12.1 Å². The lowest BCUT2D eigenvalue weighted by atomic mass is 10.0. The van der Waals surface area contributed by atoms with Crippen LogP contribution in [0.4, 0.5) is 35.3 Å². The molecule has 14 heteroatoms. The number of amides is 3. The molecular weight excluding hydrogens is 482 g/mol. The molecule has 0 unspecified atom stereocenters. The number of urea groups is 1. The molecule has 2 bridgehead atoms. The smallest absolute Gasteiger partial charge is 0.413 e. The number of aromatic nitrogens is 3. The summed E-state index contributed by atoms with van der Waals surface area (Å²) in [7, 11) is 1.47. The minimum Gasteiger partial charge on any atom is -0.446 e. The van der Waals surface area contributed by atoms with E-state index in [1.54, 1.807) is 11.0 Å². The summed E-state index contributed by atoms with van der Waals surface area (Å²) >= 11 is 0.689. The zero-order valence-electron chi connectivity index (χ0n) is 19.0. The molecule has 188 valence electrons. The predicted octanol–water partition coefficient (Wildman–Crippen LogP) is 2.45. The summed E-state index contributed by atoms with van der Waals surface area (Å²) in [5, 5.41) is 8.07. The van der Waals surface area contributed by atoms with E-state index in [2.05, 4.69) is 30.9 Å². The lowest BCUT2D eigenvalue weighted by Gasteiger charge is -2.39. The lowest BCUT2D eigenvalue weighted by molar-refractivity contribution is 0.0800. The second kappa shape index (κ2) is 9.85. The zero-order valence-corrected chi connectivity index (χ0v) is 19.8. The SMILES string of the molecule is CN(C(=O)Nc1ncc(F)s1)[C@H]1CN(c2nccc(NC(=O)O[C@@H]3C[C@@H]4C[C@H]3CN4)n2)CC[C@H]1F. The Balaban J connectivity index is 1.19. The summed E-state index contributed by atoms with van der Waals surface area (Å²) < 4.78 is 33.5. The summed E-state index contributed by atoms with van der Waals surface area (Å²) in [6, 6.07) is 0.589. The third kappa shape index (κ3) is 5.27. The molecule has 4 heterocycles. The van der Waals surface area contributed by atoms with E-state index in [4.69, 9.17) is 4.74 Å². The van der Waals surface area contributed by atoms with Crippen molar-refractivity contribution >= 4 is 40.4 Å². The molecule has 3 amide bonds. The molecule has 35 heavy (non-hydrogen) atoms. The maximum atomic E-state index is 14.8. The first-order valence-corrected chi connectivity index (χ1v) is 12.3. The van der Waals surface area contributed by atoms with Gasteiger partial charge in [-0.25, -0.2) is 23.9 Å². The molecule has 3 fully saturated rings. The minimum atomic E-state index is -1.26. The molecule has 3 aliphatic rings. The van der Waals surface area contributed by atoms with Crippen molar-refractivity contribution in [3.63, 3.8) is 0 Å². The van der Waals surface area contributed by atoms with Gasteiger partial charge in [0.2, 0.25) is 5.95 Å². The van der Waals surface area contributed by atoms with Crippen LogP contribution in [-0.2, 0) is 4.74 Å². The number of halogens is 2. The maximum absolute atomic E-state index is 14.8. The largest absolute Gasteiger partial charge is 0.446 e. The third-order valence-electron chi connectivity index (χ3n) is 6.72. The molecule has 0 radical (unpaired) electrons. The number of hydrogen-bond acceptors (Lipinski definition) is 9. The number of likely N-dealkylation sites (N-methyl/N-ethyl adjacent to an activating group) is 1. The number of carbonyl (C=O) groups is 2. The molecule has 2 aromatic rings. The van der Waals surface area contributed by atoms with Crippen molar-refractivity contribution in [1.82, 2.24) is 25.2 Å². The molecule has 2 saturated heterocycles. The van der Waals surface area contributed by atoms with Crippen molar-refractivity contribution in [3.8, 4) is 0 Å². The van der Waals surface area contributed by atoms with E-state index >= 15 is 0 Å². The molecule has 1 aliphatic carbocycles. The number of nitrogens with one attached hydrogen (secondary N) is 3. The van der Waals surface area contributed by atoms with Crippen LogP contribution in [0.3, 0.4) is 0 Å². The standard InChI is InChI=1S/C21H26F2N8O3S/c1-30(20(32)29-19-26-9-16(23)35-19)14-10-31(5-3-13(14)22)18-24-4-2-17(27-18)28-21(33)34-15-7-12-6-11(15)8-25-12/h2,4,9,11-15,25H,3,5-8,10H2,1H3,(H,26,29,32)(H,24,27,28,33)/t11-,12-,13+,14-,15+/m0/s1. The number of nitrogens with zero attached hydrogens (tertiary/aromatic N) is 5. The number of thiazole rings is 1. The Morgan fingerprint density at radius 1 is 1.31 bits per heavy atom. The van der Waals surface area contributed by atoms with Crippen LogP contribution < -0.4 is 20.9 Å². The molecule has 0 aromatic carbocycles. The van der Waals surface area contributed by atoms with Gasteiger partial charge in [0.1, 0.15) is 18.1 Å². The van der Waals surface area contributed by atoms with Crippen LogP contribution in [0.15, 0.2) is 18.5 Å². The van der Waals surface area contributed by atoms with E-state index < -0.39 is 29.5 Å². The van der Waals surface area contributed by atoms with Crippen LogP contribution in [0.2, 0.25) is 0 Å². The highest BCUT2D eigenvalue weighted by Gasteiger charge is 2.41. The number of carbonyl (C=O) groups excluding carboxylic acids is 2. The Kier molecular flexibility index (Phi) is 6.65. The van der Waals surface area contributed by atoms with Crippen molar-refractivity contribution in [1.29, 1.82) is 0 Å². The fraction of sp³-hybridized carbons (Fsp3) is 0.571. The van der Waals surface area contributed by atoms with Crippen molar-refractivity contribution in [2.45, 2.75) is 43.6 Å². The van der Waals surface area contributed by atoms with Crippen molar-refractivity contribution in [2.24, 2.45) is 5.92 Å². The Hall–Kier alpha value is -3.13. The highest BCUT2D eigenvalue weighted by Crippen LogP contribution is 2.33. The molecule has 5 rings (SSSR count). The quantitative estimate of drug-likeness (QED) is 0.563. The number of alkyl halides is 1. The van der Waals surface area contributed by atoms with Gasteiger partial charge in [-0.1, -0.05) is 11.3 Å². The maximum Gasteiger partial charge on any atom is 0.413 e. The van der Waals surface area contributed by atoms with E-state index in [1.165, 1.54) is 18.1 Å². The summed E-state index contributed by atoms with van der Waals surface area (Å²) in [5.41, 5.74) is 0. The Bertz CT molecular complexity index is 1090. The second-order valence-corrected chi connectivity index (χ2v) is 9.96. The molecule has 2 aromatic heterocycles. The Labute approximate surface area is 204 Å². The van der Waals surface area contributed by atoms with E-state index in [9.17, 15) is 18.4 Å². The van der Waals surface area contributed by atoms with E-state index in [1.807, 2.05) is 0 Å². The highest BCUT2D eigenvalue weighted by atomic mass is 32.1. The second-order valence-electron chi connectivity index (χ2n) is 8.98. The first-order chi connectivity index (χ1) is 16.9. The third-order valence-corrected chi connectivity index (χ3v) is 7.42. The van der Waals surface area contributed by atoms with Crippen LogP contribution in [0.5, 0.6) is 0 Å². The van der Waals surface area contributed by atoms with Gasteiger partial charge in [-0.15, -0.1) is 0 Å². The highest BCUT2D eigenvalue weighted by molar-refractivity contribution is 7.14. The average molecular weight is 509 g/mol. The zero-order chi connectivity index (χ0) is 24.5. The van der Waals surface area contributed by atoms with Crippen LogP contribution in [0.25, 0.3) is 0 Å². The van der Waals surface area contributed by atoms with Gasteiger partial charge in [-0.2, -0.15) is 9.37 Å². The predicted molar refractivity (Wildman–Crippen MR) is 125 cm³/mol. The number of fused-ring (bicyclic) bond motifs is 2. The number of anilines is 3. The van der Waals surface area contributed by atoms with Gasteiger partial charge in [-0.3, -0.25) is 10.6 Å². The fourth-order valence-corrected chi connectivity index (χ4v) is 5.40. The lowest BCUT2D eigenvalue weighted by Crippen LogP contribution is -2.55. The molecule has 3 N–H and O–H groups in total. The van der Waals surface area contributed by atoms with Gasteiger partial charge in [-0.05, 0) is 18.9 Å². The monoisotopic (exact) mass is 508 g/mol. The fourth-order valence-electron chi connectivity index (χ4n) is 4.86. The Morgan fingerprint density at radius 2 is 2.17 bits per heavy atom. The molecule has 0 spiro atoms. The van der Waals surface area contributed by atoms with E-state index in [0.29, 0.717) is 35.8 Å².